The number of carbonyl (C=O) groups is 1. The second-order valence-electron chi connectivity index (χ2n) is 6.28. The maximum atomic E-state index is 13.5. The van der Waals surface area contributed by atoms with Crippen LogP contribution < -0.4 is 9.80 Å². The molecule has 0 aliphatic carbocycles. The van der Waals surface area contributed by atoms with Gasteiger partial charge in [-0.1, -0.05) is 11.3 Å². The van der Waals surface area contributed by atoms with E-state index in [1.165, 1.54) is 17.4 Å². The molecule has 0 radical (unpaired) electrons. The van der Waals surface area contributed by atoms with Crippen LogP contribution in [0.2, 0.25) is 0 Å². The maximum Gasteiger partial charge on any atom is 0.268 e. The molecular formula is C19H20FN3OS2. The topological polar surface area (TPSA) is 36.4 Å². The fourth-order valence-electron chi connectivity index (χ4n) is 3.37. The summed E-state index contributed by atoms with van der Waals surface area (Å²) < 4.78 is 14.5. The number of rotatable bonds is 4. The maximum absolute atomic E-state index is 13.5. The first kappa shape index (κ1) is 17.4. The van der Waals surface area contributed by atoms with E-state index < -0.39 is 0 Å². The highest BCUT2D eigenvalue weighted by molar-refractivity contribution is 7.29. The lowest BCUT2D eigenvalue weighted by Crippen LogP contribution is -2.35. The van der Waals surface area contributed by atoms with Gasteiger partial charge in [-0.25, -0.2) is 9.37 Å². The van der Waals surface area contributed by atoms with Crippen LogP contribution in [0.1, 0.15) is 35.5 Å². The summed E-state index contributed by atoms with van der Waals surface area (Å²) in [5.74, 6) is -0.264. The van der Waals surface area contributed by atoms with Crippen molar-refractivity contribution in [2.75, 3.05) is 29.4 Å². The number of thiazole rings is 1. The molecule has 0 atom stereocenters. The van der Waals surface area contributed by atoms with Gasteiger partial charge in [-0.3, -0.25) is 4.79 Å². The number of halogens is 1. The summed E-state index contributed by atoms with van der Waals surface area (Å²) >= 11 is 3.08. The van der Waals surface area contributed by atoms with Crippen LogP contribution in [0, 0.1) is 5.82 Å². The fourth-order valence-corrected chi connectivity index (χ4v) is 5.66. The Bertz CT molecular complexity index is 930. The number of aromatic nitrogens is 1. The van der Waals surface area contributed by atoms with Gasteiger partial charge in [0.1, 0.15) is 10.6 Å². The third kappa shape index (κ3) is 2.99. The molecule has 7 heteroatoms. The van der Waals surface area contributed by atoms with Crippen LogP contribution in [0.3, 0.4) is 0 Å². The van der Waals surface area contributed by atoms with Crippen LogP contribution in [-0.2, 0) is 6.42 Å². The monoisotopic (exact) mass is 389 g/mol. The molecule has 1 aromatic carbocycles. The van der Waals surface area contributed by atoms with Crippen molar-refractivity contribution in [2.45, 2.75) is 26.7 Å². The Morgan fingerprint density at radius 1 is 1.27 bits per heavy atom. The first-order valence-corrected chi connectivity index (χ1v) is 10.5. The molecule has 0 bridgehead atoms. The molecule has 26 heavy (non-hydrogen) atoms. The van der Waals surface area contributed by atoms with Crippen LogP contribution in [0.4, 0.5) is 15.2 Å². The van der Waals surface area contributed by atoms with E-state index in [-0.39, 0.29) is 11.7 Å². The van der Waals surface area contributed by atoms with Crippen molar-refractivity contribution in [1.82, 2.24) is 4.98 Å². The van der Waals surface area contributed by atoms with Gasteiger partial charge in [-0.05, 0) is 56.5 Å². The zero-order valence-corrected chi connectivity index (χ0v) is 16.4. The number of aryl methyl sites for hydroxylation is 1. The van der Waals surface area contributed by atoms with Gasteiger partial charge in [0.25, 0.3) is 5.91 Å². The number of benzene rings is 1. The summed E-state index contributed by atoms with van der Waals surface area (Å²) in [6, 6.07) is 6.63. The predicted octanol–water partition coefficient (Wildman–Crippen LogP) is 4.94. The first-order valence-electron chi connectivity index (χ1n) is 8.86. The van der Waals surface area contributed by atoms with Crippen molar-refractivity contribution >= 4 is 48.9 Å². The third-order valence-corrected chi connectivity index (χ3v) is 6.94. The van der Waals surface area contributed by atoms with Gasteiger partial charge in [0.05, 0.1) is 9.58 Å². The molecule has 1 aliphatic heterocycles. The van der Waals surface area contributed by atoms with Gasteiger partial charge >= 0.3 is 0 Å². The normalized spacial score (nSPS) is 13.9. The van der Waals surface area contributed by atoms with E-state index in [1.54, 1.807) is 28.4 Å². The molecule has 0 unspecified atom stereocenters. The minimum atomic E-state index is -0.247. The third-order valence-electron chi connectivity index (χ3n) is 4.73. The van der Waals surface area contributed by atoms with Crippen LogP contribution >= 0.6 is 22.7 Å². The Labute approximate surface area is 159 Å². The van der Waals surface area contributed by atoms with E-state index >= 15 is 0 Å². The van der Waals surface area contributed by atoms with Gasteiger partial charge in [-0.2, -0.15) is 0 Å². The summed E-state index contributed by atoms with van der Waals surface area (Å²) in [6.45, 7) is 6.74. The van der Waals surface area contributed by atoms with Crippen LogP contribution in [0.15, 0.2) is 24.3 Å². The zero-order valence-electron chi connectivity index (χ0n) is 14.8. The molecule has 3 heterocycles. The number of fused-ring (bicyclic) bond motifs is 2. The van der Waals surface area contributed by atoms with Crippen molar-refractivity contribution < 1.29 is 9.18 Å². The number of hydrogen-bond acceptors (Lipinski definition) is 5. The number of amides is 1. The van der Waals surface area contributed by atoms with E-state index in [2.05, 4.69) is 18.7 Å². The number of nitrogens with zero attached hydrogens (tertiary/aromatic N) is 3. The lowest BCUT2D eigenvalue weighted by Gasteiger charge is -2.29. The highest BCUT2D eigenvalue weighted by Crippen LogP contribution is 2.36. The molecule has 2 aromatic heterocycles. The molecular weight excluding hydrogens is 369 g/mol. The average molecular weight is 390 g/mol. The van der Waals surface area contributed by atoms with E-state index in [9.17, 15) is 9.18 Å². The Hall–Kier alpha value is -1.99. The smallest absolute Gasteiger partial charge is 0.268 e. The second kappa shape index (κ2) is 6.96. The van der Waals surface area contributed by atoms with E-state index in [1.807, 2.05) is 6.07 Å². The average Bonchev–Trinajstić information content (AvgIpc) is 3.20. The first-order chi connectivity index (χ1) is 12.6. The molecule has 136 valence electrons. The highest BCUT2D eigenvalue weighted by atomic mass is 32.1. The number of anilines is 2. The lowest BCUT2D eigenvalue weighted by molar-refractivity contribution is 0.0989. The van der Waals surface area contributed by atoms with Gasteiger partial charge < -0.3 is 9.80 Å². The summed E-state index contributed by atoms with van der Waals surface area (Å²) in [6.07, 6.45) is 1.66. The quantitative estimate of drug-likeness (QED) is 0.634. The van der Waals surface area contributed by atoms with Gasteiger partial charge in [0.15, 0.2) is 5.13 Å². The summed E-state index contributed by atoms with van der Waals surface area (Å²) in [4.78, 5) is 23.4. The molecule has 0 spiro atoms. The van der Waals surface area contributed by atoms with Crippen LogP contribution in [0.5, 0.6) is 0 Å². The molecule has 1 amide bonds. The van der Waals surface area contributed by atoms with Crippen LogP contribution in [-0.4, -0.2) is 30.5 Å². The standard InChI is InChI=1S/C19H20FN3OS2/c1-3-22(4-2)19-21-17-15(26-19)11-16(25-17)18(24)23-9-5-6-12-10-13(20)7-8-14(12)23/h7-8,10-11H,3-6,9H2,1-2H3. The molecule has 1 aliphatic rings. The Balaban J connectivity index is 1.64. The molecule has 0 saturated heterocycles. The zero-order chi connectivity index (χ0) is 18.3. The molecule has 0 saturated carbocycles. The molecule has 0 fully saturated rings. The van der Waals surface area contributed by atoms with Gasteiger partial charge in [0.2, 0.25) is 0 Å². The lowest BCUT2D eigenvalue weighted by atomic mass is 10.0. The number of thiophene rings is 1. The Morgan fingerprint density at radius 2 is 2.08 bits per heavy atom. The fraction of sp³-hybridized carbons (Fsp3) is 0.368. The van der Waals surface area contributed by atoms with Crippen molar-refractivity contribution in [2.24, 2.45) is 0 Å². The molecule has 3 aromatic rings. The predicted molar refractivity (Wildman–Crippen MR) is 107 cm³/mol. The van der Waals surface area contributed by atoms with Crippen molar-refractivity contribution in [3.8, 4) is 0 Å². The summed E-state index contributed by atoms with van der Waals surface area (Å²) in [5, 5.41) is 1.01. The number of carbonyl (C=O) groups excluding carboxylic acids is 1. The molecule has 4 nitrogen and oxygen atoms in total. The van der Waals surface area contributed by atoms with Crippen molar-refractivity contribution in [3.63, 3.8) is 0 Å². The van der Waals surface area contributed by atoms with E-state index in [0.717, 1.165) is 51.8 Å². The summed E-state index contributed by atoms with van der Waals surface area (Å²) in [7, 11) is 0. The van der Waals surface area contributed by atoms with Gasteiger partial charge in [0, 0.05) is 25.3 Å². The Kier molecular flexibility index (Phi) is 4.67. The van der Waals surface area contributed by atoms with Gasteiger partial charge in [-0.15, -0.1) is 11.3 Å². The van der Waals surface area contributed by atoms with Crippen LogP contribution in [0.25, 0.3) is 9.53 Å². The molecule has 4 rings (SSSR count). The highest BCUT2D eigenvalue weighted by Gasteiger charge is 2.26. The Morgan fingerprint density at radius 3 is 2.81 bits per heavy atom. The largest absolute Gasteiger partial charge is 0.349 e. The van der Waals surface area contributed by atoms with Crippen molar-refractivity contribution in [3.05, 3.63) is 40.5 Å². The van der Waals surface area contributed by atoms with E-state index in [0.29, 0.717) is 11.4 Å². The minimum absolute atomic E-state index is 0.0165. The molecule has 0 N–H and O–H groups in total. The number of hydrogen-bond donors (Lipinski definition) is 0. The second-order valence-corrected chi connectivity index (χ2v) is 8.32. The minimum Gasteiger partial charge on any atom is -0.349 e. The van der Waals surface area contributed by atoms with E-state index in [4.69, 9.17) is 4.98 Å². The SMILES string of the molecule is CCN(CC)c1nc2sc(C(=O)N3CCCc4cc(F)ccc43)cc2s1. The summed E-state index contributed by atoms with van der Waals surface area (Å²) in [5.41, 5.74) is 1.74. The van der Waals surface area contributed by atoms with Crippen molar-refractivity contribution in [1.29, 1.82) is 0 Å².